The molecule has 2 N–H and O–H groups in total. The maximum atomic E-state index is 5.64. The lowest BCUT2D eigenvalue weighted by atomic mass is 10.4. The molecule has 0 fully saturated rings. The molecule has 2 aromatic rings. The van der Waals surface area contributed by atoms with E-state index >= 15 is 0 Å². The fourth-order valence-electron chi connectivity index (χ4n) is 1.47. The average molecular weight is 270 g/mol. The van der Waals surface area contributed by atoms with Crippen LogP contribution < -0.4 is 5.73 Å². The Hall–Kier alpha value is -1.30. The van der Waals surface area contributed by atoms with Gasteiger partial charge in [-0.2, -0.15) is 10.2 Å². The monoisotopic (exact) mass is 269 g/mol. The van der Waals surface area contributed by atoms with Crippen LogP contribution in [0.4, 0.5) is 5.82 Å². The van der Waals surface area contributed by atoms with Crippen LogP contribution in [0.2, 0.25) is 0 Å². The number of aromatic nitrogens is 4. The molecule has 15 heavy (non-hydrogen) atoms. The molecule has 2 rings (SSSR count). The van der Waals surface area contributed by atoms with Crippen molar-refractivity contribution in [3.63, 3.8) is 0 Å². The van der Waals surface area contributed by atoms with Gasteiger partial charge in [0.2, 0.25) is 0 Å². The fraction of sp³-hybridized carbons (Fsp3) is 0.333. The number of nitrogen functional groups attached to an aromatic ring is 1. The zero-order chi connectivity index (χ0) is 11.0. The van der Waals surface area contributed by atoms with E-state index in [0.717, 1.165) is 15.9 Å². The zero-order valence-electron chi connectivity index (χ0n) is 8.61. The molecule has 0 saturated heterocycles. The van der Waals surface area contributed by atoms with Crippen molar-refractivity contribution in [1.29, 1.82) is 0 Å². The van der Waals surface area contributed by atoms with Crippen molar-refractivity contribution in [3.05, 3.63) is 28.1 Å². The van der Waals surface area contributed by atoms with E-state index in [1.165, 1.54) is 0 Å². The number of aryl methyl sites for hydroxylation is 2. The van der Waals surface area contributed by atoms with Crippen LogP contribution in [0.25, 0.3) is 0 Å². The molecule has 0 bridgehead atoms. The zero-order valence-corrected chi connectivity index (χ0v) is 10.2. The van der Waals surface area contributed by atoms with Crippen molar-refractivity contribution in [2.75, 3.05) is 5.73 Å². The predicted octanol–water partition coefficient (Wildman–Crippen LogP) is 1.32. The normalized spacial score (nSPS) is 10.9. The van der Waals surface area contributed by atoms with Gasteiger partial charge in [0.25, 0.3) is 0 Å². The molecule has 0 spiro atoms. The van der Waals surface area contributed by atoms with Crippen LogP contribution in [-0.4, -0.2) is 19.6 Å². The molecule has 0 aliphatic carbocycles. The van der Waals surface area contributed by atoms with Gasteiger partial charge in [-0.25, -0.2) is 0 Å². The van der Waals surface area contributed by atoms with Gasteiger partial charge >= 0.3 is 0 Å². The molecule has 0 aromatic carbocycles. The van der Waals surface area contributed by atoms with Crippen LogP contribution in [0, 0.1) is 6.92 Å². The van der Waals surface area contributed by atoms with Crippen LogP contribution in [0.15, 0.2) is 16.7 Å². The molecule has 80 valence electrons. The third kappa shape index (κ3) is 2.04. The van der Waals surface area contributed by atoms with E-state index in [9.17, 15) is 0 Å². The number of nitrogens with zero attached hydrogens (tertiary/aromatic N) is 4. The molecule has 0 amide bonds. The number of hydrogen-bond donors (Lipinski definition) is 1. The molecule has 5 nitrogen and oxygen atoms in total. The quantitative estimate of drug-likeness (QED) is 0.895. The van der Waals surface area contributed by atoms with E-state index in [1.54, 1.807) is 4.68 Å². The highest BCUT2D eigenvalue weighted by molar-refractivity contribution is 9.10. The Bertz CT molecular complexity index is 465. The van der Waals surface area contributed by atoms with Gasteiger partial charge in [-0.3, -0.25) is 9.36 Å². The molecular formula is C9H12BrN5. The minimum absolute atomic E-state index is 0.508. The molecule has 0 unspecified atom stereocenters. The Morgan fingerprint density at radius 1 is 1.47 bits per heavy atom. The standard InChI is InChI=1S/C9H12BrN5/c1-6-3-7(14(2)12-6)4-15-5-8(10)9(11)13-15/h3,5H,4H2,1-2H3,(H2,11,13). The highest BCUT2D eigenvalue weighted by Crippen LogP contribution is 2.17. The van der Waals surface area contributed by atoms with Crippen LogP contribution in [0.1, 0.15) is 11.4 Å². The fourth-order valence-corrected chi connectivity index (χ4v) is 1.79. The molecule has 0 saturated carbocycles. The summed E-state index contributed by atoms with van der Waals surface area (Å²) in [6, 6.07) is 2.03. The first kappa shape index (κ1) is 10.2. The Morgan fingerprint density at radius 2 is 2.20 bits per heavy atom. The van der Waals surface area contributed by atoms with Crippen molar-refractivity contribution in [2.24, 2.45) is 7.05 Å². The van der Waals surface area contributed by atoms with E-state index in [0.29, 0.717) is 12.4 Å². The number of hydrogen-bond acceptors (Lipinski definition) is 3. The smallest absolute Gasteiger partial charge is 0.159 e. The van der Waals surface area contributed by atoms with Crippen molar-refractivity contribution in [3.8, 4) is 0 Å². The molecule has 0 aliphatic rings. The van der Waals surface area contributed by atoms with Gasteiger partial charge in [0, 0.05) is 13.2 Å². The average Bonchev–Trinajstić information content (AvgIpc) is 2.59. The molecule has 0 atom stereocenters. The lowest BCUT2D eigenvalue weighted by Gasteiger charge is -2.01. The maximum Gasteiger partial charge on any atom is 0.159 e. The first-order chi connectivity index (χ1) is 7.06. The van der Waals surface area contributed by atoms with Crippen molar-refractivity contribution >= 4 is 21.7 Å². The molecule has 2 aromatic heterocycles. The number of rotatable bonds is 2. The van der Waals surface area contributed by atoms with Gasteiger partial charge in [0.05, 0.1) is 22.4 Å². The molecule has 2 heterocycles. The third-order valence-electron chi connectivity index (χ3n) is 2.17. The predicted molar refractivity (Wildman–Crippen MR) is 61.4 cm³/mol. The van der Waals surface area contributed by atoms with Gasteiger partial charge in [-0.05, 0) is 28.9 Å². The maximum absolute atomic E-state index is 5.64. The summed E-state index contributed by atoms with van der Waals surface area (Å²) in [6.07, 6.45) is 1.86. The SMILES string of the molecule is Cc1cc(Cn2cc(Br)c(N)n2)n(C)n1. The van der Waals surface area contributed by atoms with Crippen LogP contribution >= 0.6 is 15.9 Å². The van der Waals surface area contributed by atoms with E-state index < -0.39 is 0 Å². The van der Waals surface area contributed by atoms with Crippen LogP contribution in [0.3, 0.4) is 0 Å². The molecule has 0 aliphatic heterocycles. The van der Waals surface area contributed by atoms with Gasteiger partial charge in [0.1, 0.15) is 0 Å². The summed E-state index contributed by atoms with van der Waals surface area (Å²) in [5, 5.41) is 8.43. The summed E-state index contributed by atoms with van der Waals surface area (Å²) in [6.45, 7) is 2.64. The minimum Gasteiger partial charge on any atom is -0.381 e. The van der Waals surface area contributed by atoms with Crippen LogP contribution in [0.5, 0.6) is 0 Å². The Labute approximate surface area is 96.0 Å². The number of halogens is 1. The summed E-state index contributed by atoms with van der Waals surface area (Å²) >= 11 is 3.32. The van der Waals surface area contributed by atoms with E-state index in [2.05, 4.69) is 26.1 Å². The second kappa shape index (κ2) is 3.69. The van der Waals surface area contributed by atoms with Gasteiger partial charge in [0.15, 0.2) is 5.82 Å². The summed E-state index contributed by atoms with van der Waals surface area (Å²) in [5.41, 5.74) is 7.74. The summed E-state index contributed by atoms with van der Waals surface area (Å²) in [5.74, 6) is 0.508. The third-order valence-corrected chi connectivity index (χ3v) is 2.78. The van der Waals surface area contributed by atoms with E-state index in [1.807, 2.05) is 30.9 Å². The van der Waals surface area contributed by atoms with Crippen molar-refractivity contribution in [2.45, 2.75) is 13.5 Å². The molecular weight excluding hydrogens is 258 g/mol. The largest absolute Gasteiger partial charge is 0.381 e. The summed E-state index contributed by atoms with van der Waals surface area (Å²) in [7, 11) is 1.92. The lowest BCUT2D eigenvalue weighted by Crippen LogP contribution is -2.06. The Balaban J connectivity index is 2.25. The van der Waals surface area contributed by atoms with Gasteiger partial charge in [-0.15, -0.1) is 0 Å². The van der Waals surface area contributed by atoms with E-state index in [4.69, 9.17) is 5.73 Å². The second-order valence-electron chi connectivity index (χ2n) is 3.46. The Kier molecular flexibility index (Phi) is 2.52. The number of nitrogens with two attached hydrogens (primary N) is 1. The first-order valence-electron chi connectivity index (χ1n) is 4.54. The van der Waals surface area contributed by atoms with E-state index in [-0.39, 0.29) is 0 Å². The second-order valence-corrected chi connectivity index (χ2v) is 4.31. The topological polar surface area (TPSA) is 61.7 Å². The summed E-state index contributed by atoms with van der Waals surface area (Å²) in [4.78, 5) is 0. The van der Waals surface area contributed by atoms with Crippen molar-refractivity contribution < 1.29 is 0 Å². The molecule has 6 heteroatoms. The molecule has 0 radical (unpaired) electrons. The highest BCUT2D eigenvalue weighted by Gasteiger charge is 2.06. The minimum atomic E-state index is 0.508. The Morgan fingerprint density at radius 3 is 2.67 bits per heavy atom. The lowest BCUT2D eigenvalue weighted by molar-refractivity contribution is 0.620. The van der Waals surface area contributed by atoms with Crippen molar-refractivity contribution in [1.82, 2.24) is 19.6 Å². The number of anilines is 1. The highest BCUT2D eigenvalue weighted by atomic mass is 79.9. The first-order valence-corrected chi connectivity index (χ1v) is 5.33. The van der Waals surface area contributed by atoms with Gasteiger partial charge < -0.3 is 5.73 Å². The van der Waals surface area contributed by atoms with Gasteiger partial charge in [-0.1, -0.05) is 0 Å². The van der Waals surface area contributed by atoms with Crippen LogP contribution in [-0.2, 0) is 13.6 Å². The summed E-state index contributed by atoms with van der Waals surface area (Å²) < 4.78 is 4.46.